The molecule has 0 saturated carbocycles. The summed E-state index contributed by atoms with van der Waals surface area (Å²) >= 11 is 3.30. The lowest BCUT2D eigenvalue weighted by Crippen LogP contribution is -2.50. The summed E-state index contributed by atoms with van der Waals surface area (Å²) in [5.74, 6) is -0.306. The van der Waals surface area contributed by atoms with Gasteiger partial charge >= 0.3 is 0 Å². The number of likely N-dealkylation sites (tertiary alicyclic amines) is 1. The number of benzene rings is 2. The number of phenols is 1. The van der Waals surface area contributed by atoms with Crippen LogP contribution in [-0.4, -0.2) is 34.9 Å². The van der Waals surface area contributed by atoms with Gasteiger partial charge in [0, 0.05) is 17.6 Å². The molecule has 27 heavy (non-hydrogen) atoms. The van der Waals surface area contributed by atoms with Crippen molar-refractivity contribution in [1.82, 2.24) is 4.90 Å². The van der Waals surface area contributed by atoms with Crippen LogP contribution in [0.25, 0.3) is 0 Å². The molecule has 1 aliphatic heterocycles. The molecule has 0 radical (unpaired) electrons. The molecule has 5 nitrogen and oxygen atoms in total. The maximum absolute atomic E-state index is 13.3. The van der Waals surface area contributed by atoms with Crippen LogP contribution in [0.15, 0.2) is 65.7 Å². The Balaban J connectivity index is 1.90. The average molecular weight is 429 g/mol. The second kappa shape index (κ2) is 7.96. The van der Waals surface area contributed by atoms with E-state index in [2.05, 4.69) is 27.8 Å². The van der Waals surface area contributed by atoms with Gasteiger partial charge in [0.25, 0.3) is 0 Å². The van der Waals surface area contributed by atoms with Crippen molar-refractivity contribution in [2.24, 2.45) is 0 Å². The van der Waals surface area contributed by atoms with Crippen LogP contribution in [0, 0.1) is 0 Å². The molecule has 1 fully saturated rings. The summed E-state index contributed by atoms with van der Waals surface area (Å²) in [4.78, 5) is 26.9. The van der Waals surface area contributed by atoms with Crippen molar-refractivity contribution in [2.75, 3.05) is 18.4 Å². The summed E-state index contributed by atoms with van der Waals surface area (Å²) < 4.78 is 0.729. The number of aromatic hydroxyl groups is 1. The van der Waals surface area contributed by atoms with E-state index >= 15 is 0 Å². The van der Waals surface area contributed by atoms with Crippen LogP contribution in [-0.2, 0) is 15.0 Å². The molecule has 2 aromatic carbocycles. The maximum atomic E-state index is 13.3. The van der Waals surface area contributed by atoms with Crippen molar-refractivity contribution in [2.45, 2.75) is 18.3 Å². The van der Waals surface area contributed by atoms with E-state index in [-0.39, 0.29) is 17.6 Å². The van der Waals surface area contributed by atoms with Crippen molar-refractivity contribution in [3.05, 3.63) is 71.2 Å². The molecule has 2 amide bonds. The number of halogens is 1. The highest BCUT2D eigenvalue weighted by Gasteiger charge is 2.43. The largest absolute Gasteiger partial charge is 0.506 e. The van der Waals surface area contributed by atoms with E-state index in [0.29, 0.717) is 31.6 Å². The smallest absolute Gasteiger partial charge is 0.245 e. The number of amides is 2. The minimum absolute atomic E-state index is 0.000192. The maximum Gasteiger partial charge on any atom is 0.245 e. The Kier molecular flexibility index (Phi) is 5.65. The Morgan fingerprint density at radius 2 is 1.81 bits per heavy atom. The second-order valence-corrected chi connectivity index (χ2v) is 7.51. The third-order valence-electron chi connectivity index (χ3n) is 5.07. The topological polar surface area (TPSA) is 69.6 Å². The van der Waals surface area contributed by atoms with Gasteiger partial charge < -0.3 is 15.3 Å². The molecule has 1 aliphatic rings. The number of carbonyl (C=O) groups is 2. The van der Waals surface area contributed by atoms with Gasteiger partial charge in [-0.25, -0.2) is 0 Å². The summed E-state index contributed by atoms with van der Waals surface area (Å²) in [6.45, 7) is 4.48. The number of rotatable bonds is 4. The molecule has 0 aliphatic carbocycles. The van der Waals surface area contributed by atoms with Crippen LogP contribution in [0.5, 0.6) is 5.75 Å². The van der Waals surface area contributed by atoms with Gasteiger partial charge in [0.2, 0.25) is 11.8 Å². The van der Waals surface area contributed by atoms with Crippen LogP contribution < -0.4 is 5.32 Å². The average Bonchev–Trinajstić information content (AvgIpc) is 2.70. The van der Waals surface area contributed by atoms with Crippen molar-refractivity contribution in [1.29, 1.82) is 0 Å². The fraction of sp³-hybridized carbons (Fsp3) is 0.238. The molecule has 0 bridgehead atoms. The summed E-state index contributed by atoms with van der Waals surface area (Å²) in [7, 11) is 0. The van der Waals surface area contributed by atoms with Crippen LogP contribution >= 0.6 is 15.9 Å². The van der Waals surface area contributed by atoms with Crippen LogP contribution in [0.4, 0.5) is 5.69 Å². The Morgan fingerprint density at radius 3 is 2.41 bits per heavy atom. The second-order valence-electron chi connectivity index (χ2n) is 6.59. The molecule has 0 spiro atoms. The lowest BCUT2D eigenvalue weighted by molar-refractivity contribution is -0.131. The quantitative estimate of drug-likeness (QED) is 0.573. The standard InChI is InChI=1S/C21H21BrN2O3/c1-2-19(26)24-12-10-21(11-13-24,15-6-4-3-5-7-15)20(27)23-17-9-8-16(22)14-18(17)25/h2-9,14,25H,1,10-13H2,(H,23,27). The van der Waals surface area contributed by atoms with Crippen molar-refractivity contribution in [3.8, 4) is 5.75 Å². The van der Waals surface area contributed by atoms with Gasteiger partial charge in [-0.2, -0.15) is 0 Å². The molecule has 1 heterocycles. The first-order valence-corrected chi connectivity index (χ1v) is 9.52. The van der Waals surface area contributed by atoms with Crippen LogP contribution in [0.3, 0.4) is 0 Å². The highest BCUT2D eigenvalue weighted by molar-refractivity contribution is 9.10. The predicted molar refractivity (Wildman–Crippen MR) is 109 cm³/mol. The molecule has 1 saturated heterocycles. The SMILES string of the molecule is C=CC(=O)N1CCC(C(=O)Nc2ccc(Br)cc2O)(c2ccccc2)CC1. The minimum atomic E-state index is -0.765. The first-order chi connectivity index (χ1) is 13.0. The lowest BCUT2D eigenvalue weighted by atomic mass is 9.72. The number of phenolic OH excluding ortho intramolecular Hbond substituents is 1. The van der Waals surface area contributed by atoms with Gasteiger partial charge in [-0.1, -0.05) is 52.8 Å². The summed E-state index contributed by atoms with van der Waals surface area (Å²) in [6.07, 6.45) is 2.30. The number of piperidine rings is 1. The highest BCUT2D eigenvalue weighted by atomic mass is 79.9. The Hall–Kier alpha value is -2.60. The lowest BCUT2D eigenvalue weighted by Gasteiger charge is -2.40. The monoisotopic (exact) mass is 428 g/mol. The molecule has 140 valence electrons. The van der Waals surface area contributed by atoms with E-state index in [4.69, 9.17) is 0 Å². The molecular formula is C21H21BrN2O3. The molecule has 0 atom stereocenters. The van der Waals surface area contributed by atoms with Gasteiger partial charge in [0.15, 0.2) is 0 Å². The molecule has 3 rings (SSSR count). The van der Waals surface area contributed by atoms with Crippen LogP contribution in [0.1, 0.15) is 18.4 Å². The third kappa shape index (κ3) is 3.90. The van der Waals surface area contributed by atoms with Crippen molar-refractivity contribution < 1.29 is 14.7 Å². The van der Waals surface area contributed by atoms with E-state index in [1.807, 2.05) is 30.3 Å². The number of nitrogens with zero attached hydrogens (tertiary/aromatic N) is 1. The predicted octanol–water partition coefficient (Wildman–Crippen LogP) is 3.84. The Bertz CT molecular complexity index is 859. The molecule has 2 N–H and O–H groups in total. The number of nitrogens with one attached hydrogen (secondary N) is 1. The molecule has 0 aromatic heterocycles. The number of anilines is 1. The third-order valence-corrected chi connectivity index (χ3v) is 5.57. The fourth-order valence-corrected chi connectivity index (χ4v) is 3.84. The molecule has 2 aromatic rings. The van der Waals surface area contributed by atoms with E-state index < -0.39 is 5.41 Å². The highest BCUT2D eigenvalue weighted by Crippen LogP contribution is 2.38. The minimum Gasteiger partial charge on any atom is -0.506 e. The molecule has 0 unspecified atom stereocenters. The number of hydrogen-bond acceptors (Lipinski definition) is 3. The van der Waals surface area contributed by atoms with Crippen molar-refractivity contribution in [3.63, 3.8) is 0 Å². The van der Waals surface area contributed by atoms with E-state index in [1.165, 1.54) is 12.1 Å². The number of hydrogen-bond donors (Lipinski definition) is 2. The Morgan fingerprint density at radius 1 is 1.15 bits per heavy atom. The van der Waals surface area contributed by atoms with Gasteiger partial charge in [0.1, 0.15) is 5.75 Å². The zero-order valence-corrected chi connectivity index (χ0v) is 16.4. The van der Waals surface area contributed by atoms with Gasteiger partial charge in [-0.05, 0) is 42.7 Å². The van der Waals surface area contributed by atoms with Gasteiger partial charge in [-0.3, -0.25) is 9.59 Å². The van der Waals surface area contributed by atoms with E-state index in [1.54, 1.807) is 17.0 Å². The summed E-state index contributed by atoms with van der Waals surface area (Å²) in [6, 6.07) is 14.5. The van der Waals surface area contributed by atoms with Crippen LogP contribution in [0.2, 0.25) is 0 Å². The number of carbonyl (C=O) groups excluding carboxylic acids is 2. The normalized spacial score (nSPS) is 15.8. The summed E-state index contributed by atoms with van der Waals surface area (Å²) in [5, 5.41) is 13.0. The zero-order valence-electron chi connectivity index (χ0n) is 14.8. The van der Waals surface area contributed by atoms with Crippen molar-refractivity contribution >= 4 is 33.4 Å². The first-order valence-electron chi connectivity index (χ1n) is 8.73. The van der Waals surface area contributed by atoms with E-state index in [9.17, 15) is 14.7 Å². The molecular weight excluding hydrogens is 408 g/mol. The summed E-state index contributed by atoms with van der Waals surface area (Å²) in [5.41, 5.74) is 0.506. The van der Waals surface area contributed by atoms with Gasteiger partial charge in [0.05, 0.1) is 11.1 Å². The van der Waals surface area contributed by atoms with E-state index in [0.717, 1.165) is 10.0 Å². The van der Waals surface area contributed by atoms with Gasteiger partial charge in [-0.15, -0.1) is 0 Å². The Labute approximate surface area is 166 Å². The first kappa shape index (κ1) is 19.2. The fourth-order valence-electron chi connectivity index (χ4n) is 3.49. The molecule has 6 heteroatoms. The zero-order chi connectivity index (χ0) is 19.4.